The van der Waals surface area contributed by atoms with E-state index < -0.39 is 5.91 Å². The Kier molecular flexibility index (Phi) is 5.80. The van der Waals surface area contributed by atoms with E-state index in [1.807, 2.05) is 31.3 Å². The molecule has 164 valence electrons. The van der Waals surface area contributed by atoms with Crippen molar-refractivity contribution in [3.05, 3.63) is 65.9 Å². The number of ether oxygens (including phenoxy) is 2. The number of primary amides is 1. The van der Waals surface area contributed by atoms with Crippen LogP contribution < -0.4 is 25.8 Å². The molecule has 0 aliphatic heterocycles. The molecule has 0 saturated heterocycles. The first-order valence-corrected chi connectivity index (χ1v) is 9.94. The molecule has 2 aromatic heterocycles. The fourth-order valence-electron chi connectivity index (χ4n) is 3.47. The van der Waals surface area contributed by atoms with Crippen LogP contribution in [0.25, 0.3) is 11.0 Å². The lowest BCUT2D eigenvalue weighted by Crippen LogP contribution is -2.10. The highest BCUT2D eigenvalue weighted by molar-refractivity contribution is 5.93. The first-order valence-electron chi connectivity index (χ1n) is 9.94. The van der Waals surface area contributed by atoms with Gasteiger partial charge < -0.3 is 30.4 Å². The van der Waals surface area contributed by atoms with Crippen molar-refractivity contribution in [2.75, 3.05) is 31.9 Å². The van der Waals surface area contributed by atoms with E-state index in [1.165, 1.54) is 0 Å². The van der Waals surface area contributed by atoms with Gasteiger partial charge in [0.1, 0.15) is 11.3 Å². The maximum Gasteiger partial charge on any atom is 0.248 e. The summed E-state index contributed by atoms with van der Waals surface area (Å²) >= 11 is 0. The van der Waals surface area contributed by atoms with Crippen molar-refractivity contribution in [3.8, 4) is 11.5 Å². The first-order chi connectivity index (χ1) is 15.5. The lowest BCUT2D eigenvalue weighted by molar-refractivity contribution is 0.100. The Hall–Kier alpha value is -4.27. The third-order valence-corrected chi connectivity index (χ3v) is 5.09. The SMILES string of the molecule is CNc1nc2cnc(Nc3ccc(C(N)=O)cc3)cc2n1Cc1ccc(OC)c(OC)c1. The lowest BCUT2D eigenvalue weighted by atomic mass is 10.2. The van der Waals surface area contributed by atoms with Crippen molar-refractivity contribution < 1.29 is 14.3 Å². The minimum Gasteiger partial charge on any atom is -0.493 e. The zero-order chi connectivity index (χ0) is 22.7. The van der Waals surface area contributed by atoms with Crippen molar-refractivity contribution in [2.45, 2.75) is 6.54 Å². The maximum absolute atomic E-state index is 11.3. The molecular weight excluding hydrogens is 408 g/mol. The highest BCUT2D eigenvalue weighted by Crippen LogP contribution is 2.30. The largest absolute Gasteiger partial charge is 0.493 e. The molecular formula is C23H24N6O3. The number of hydrogen-bond acceptors (Lipinski definition) is 7. The molecule has 2 aromatic carbocycles. The minimum atomic E-state index is -0.463. The number of aromatic nitrogens is 3. The number of carbonyl (C=O) groups is 1. The standard InChI is InChI=1S/C23H24N6O3/c1-25-23-28-17-12-26-21(27-16-7-5-15(6-8-16)22(24)30)11-18(17)29(23)13-14-4-9-19(31-2)20(10-14)32-3/h4-12H,13H2,1-3H3,(H2,24,30)(H,25,28)(H,26,27). The van der Waals surface area contributed by atoms with Gasteiger partial charge in [0.05, 0.1) is 32.5 Å². The molecule has 0 bridgehead atoms. The van der Waals surface area contributed by atoms with Crippen LogP contribution in [-0.4, -0.2) is 41.7 Å². The van der Waals surface area contributed by atoms with Crippen molar-refractivity contribution in [2.24, 2.45) is 5.73 Å². The van der Waals surface area contributed by atoms with Crippen LogP contribution >= 0.6 is 0 Å². The molecule has 4 N–H and O–H groups in total. The van der Waals surface area contributed by atoms with E-state index >= 15 is 0 Å². The average Bonchev–Trinajstić information content (AvgIpc) is 3.16. The molecule has 0 aliphatic rings. The van der Waals surface area contributed by atoms with E-state index in [4.69, 9.17) is 15.2 Å². The van der Waals surface area contributed by atoms with Crippen LogP contribution in [0.4, 0.5) is 17.5 Å². The Labute approximate surface area is 185 Å². The molecule has 4 aromatic rings. The normalized spacial score (nSPS) is 10.7. The number of nitrogens with one attached hydrogen (secondary N) is 2. The van der Waals surface area contributed by atoms with Gasteiger partial charge in [-0.1, -0.05) is 6.07 Å². The zero-order valence-corrected chi connectivity index (χ0v) is 18.0. The summed E-state index contributed by atoms with van der Waals surface area (Å²) in [5.41, 5.74) is 9.26. The fraction of sp³-hybridized carbons (Fsp3) is 0.174. The molecule has 0 saturated carbocycles. The third-order valence-electron chi connectivity index (χ3n) is 5.09. The van der Waals surface area contributed by atoms with Crippen molar-refractivity contribution >= 4 is 34.4 Å². The van der Waals surface area contributed by atoms with Crippen LogP contribution in [0, 0.1) is 0 Å². The van der Waals surface area contributed by atoms with Gasteiger partial charge in [-0.25, -0.2) is 9.97 Å². The summed E-state index contributed by atoms with van der Waals surface area (Å²) in [6.07, 6.45) is 1.72. The number of hydrogen-bond donors (Lipinski definition) is 3. The number of nitrogens with two attached hydrogens (primary N) is 1. The van der Waals surface area contributed by atoms with Crippen molar-refractivity contribution in [1.29, 1.82) is 0 Å². The van der Waals surface area contributed by atoms with Crippen molar-refractivity contribution in [3.63, 3.8) is 0 Å². The fourth-order valence-corrected chi connectivity index (χ4v) is 3.47. The van der Waals surface area contributed by atoms with Crippen LogP contribution in [0.2, 0.25) is 0 Å². The predicted octanol–water partition coefficient (Wildman–Crippen LogP) is 3.38. The molecule has 0 fully saturated rings. The summed E-state index contributed by atoms with van der Waals surface area (Å²) in [6, 6.07) is 14.7. The third kappa shape index (κ3) is 4.13. The molecule has 0 atom stereocenters. The van der Waals surface area contributed by atoms with Gasteiger partial charge in [-0.2, -0.15) is 0 Å². The summed E-state index contributed by atoms with van der Waals surface area (Å²) < 4.78 is 12.8. The summed E-state index contributed by atoms with van der Waals surface area (Å²) in [4.78, 5) is 20.4. The molecule has 9 heteroatoms. The Balaban J connectivity index is 1.67. The van der Waals surface area contributed by atoms with E-state index in [9.17, 15) is 4.79 Å². The van der Waals surface area contributed by atoms with Gasteiger partial charge in [0.2, 0.25) is 11.9 Å². The van der Waals surface area contributed by atoms with Gasteiger partial charge in [0, 0.05) is 24.4 Å². The molecule has 1 amide bonds. The Bertz CT molecular complexity index is 1270. The quantitative estimate of drug-likeness (QED) is 0.391. The molecule has 4 rings (SSSR count). The predicted molar refractivity (Wildman–Crippen MR) is 124 cm³/mol. The van der Waals surface area contributed by atoms with Crippen LogP contribution in [0.15, 0.2) is 54.7 Å². The van der Waals surface area contributed by atoms with Gasteiger partial charge >= 0.3 is 0 Å². The average molecular weight is 432 g/mol. The second-order valence-corrected chi connectivity index (χ2v) is 7.09. The summed E-state index contributed by atoms with van der Waals surface area (Å²) in [5.74, 6) is 2.26. The monoisotopic (exact) mass is 432 g/mol. The Morgan fingerprint density at radius 1 is 1.06 bits per heavy atom. The molecule has 9 nitrogen and oxygen atoms in total. The lowest BCUT2D eigenvalue weighted by Gasteiger charge is -2.12. The number of amides is 1. The topological polar surface area (TPSA) is 116 Å². The van der Waals surface area contributed by atoms with Crippen LogP contribution in [0.5, 0.6) is 11.5 Å². The van der Waals surface area contributed by atoms with Gasteiger partial charge in [0.15, 0.2) is 11.5 Å². The number of imidazole rings is 1. The van der Waals surface area contributed by atoms with E-state index in [1.54, 1.807) is 44.7 Å². The maximum atomic E-state index is 11.3. The van der Waals surface area contributed by atoms with Gasteiger partial charge in [0.25, 0.3) is 0 Å². The number of benzene rings is 2. The van der Waals surface area contributed by atoms with Crippen LogP contribution in [-0.2, 0) is 6.54 Å². The molecule has 0 spiro atoms. The number of nitrogens with zero attached hydrogens (tertiary/aromatic N) is 3. The number of pyridine rings is 1. The van der Waals surface area contributed by atoms with E-state index in [0.717, 1.165) is 28.2 Å². The van der Waals surface area contributed by atoms with Crippen LogP contribution in [0.3, 0.4) is 0 Å². The first kappa shape index (κ1) is 21.0. The van der Waals surface area contributed by atoms with E-state index in [0.29, 0.717) is 29.4 Å². The van der Waals surface area contributed by atoms with Gasteiger partial charge in [-0.15, -0.1) is 0 Å². The van der Waals surface area contributed by atoms with Gasteiger partial charge in [-0.05, 0) is 42.0 Å². The van der Waals surface area contributed by atoms with Crippen LogP contribution in [0.1, 0.15) is 15.9 Å². The highest BCUT2D eigenvalue weighted by Gasteiger charge is 2.13. The number of carbonyl (C=O) groups excluding carboxylic acids is 1. The number of rotatable bonds is 8. The summed E-state index contributed by atoms with van der Waals surface area (Å²) in [6.45, 7) is 0.573. The Morgan fingerprint density at radius 3 is 2.47 bits per heavy atom. The second-order valence-electron chi connectivity index (χ2n) is 7.09. The second kappa shape index (κ2) is 8.84. The number of methoxy groups -OCH3 is 2. The number of fused-ring (bicyclic) bond motifs is 1. The smallest absolute Gasteiger partial charge is 0.248 e. The van der Waals surface area contributed by atoms with E-state index in [-0.39, 0.29) is 0 Å². The molecule has 0 aliphatic carbocycles. The van der Waals surface area contributed by atoms with E-state index in [2.05, 4.69) is 25.2 Å². The van der Waals surface area contributed by atoms with Crippen molar-refractivity contribution in [1.82, 2.24) is 14.5 Å². The zero-order valence-electron chi connectivity index (χ0n) is 18.0. The minimum absolute atomic E-state index is 0.450. The molecule has 32 heavy (non-hydrogen) atoms. The number of anilines is 3. The Morgan fingerprint density at radius 2 is 1.81 bits per heavy atom. The molecule has 2 heterocycles. The summed E-state index contributed by atoms with van der Waals surface area (Å²) in [5, 5.41) is 6.40. The van der Waals surface area contributed by atoms with Gasteiger partial charge in [-0.3, -0.25) is 4.79 Å². The molecule has 0 unspecified atom stereocenters. The summed E-state index contributed by atoms with van der Waals surface area (Å²) in [7, 11) is 5.06. The molecule has 0 radical (unpaired) electrons. The highest BCUT2D eigenvalue weighted by atomic mass is 16.5.